The smallest absolute Gasteiger partial charge is 0.226 e. The van der Waals surface area contributed by atoms with Gasteiger partial charge in [0.25, 0.3) is 0 Å². The van der Waals surface area contributed by atoms with Gasteiger partial charge in [0.15, 0.2) is 5.11 Å². The highest BCUT2D eigenvalue weighted by Crippen LogP contribution is 2.38. The van der Waals surface area contributed by atoms with Crippen molar-refractivity contribution in [3.05, 3.63) is 96.6 Å². The summed E-state index contributed by atoms with van der Waals surface area (Å²) in [6.07, 6.45) is 6.24. The highest BCUT2D eigenvalue weighted by Gasteiger charge is 2.40. The molecule has 1 amide bonds. The van der Waals surface area contributed by atoms with Gasteiger partial charge in [0, 0.05) is 49.7 Å². The summed E-state index contributed by atoms with van der Waals surface area (Å²) >= 11 is 5.69. The maximum absolute atomic E-state index is 12.9. The molecule has 0 saturated carbocycles. The van der Waals surface area contributed by atoms with E-state index < -0.39 is 0 Å². The van der Waals surface area contributed by atoms with E-state index in [2.05, 4.69) is 32.8 Å². The average Bonchev–Trinajstić information content (AvgIpc) is 3.41. The molecule has 1 fully saturated rings. The molecular formula is C26H25N5OS. The summed E-state index contributed by atoms with van der Waals surface area (Å²) in [6.45, 7) is 0.505. The molecule has 1 saturated heterocycles. The van der Waals surface area contributed by atoms with Crippen LogP contribution in [0.4, 0.5) is 5.69 Å². The number of aryl methyl sites for hydroxylation is 1. The first-order valence-corrected chi connectivity index (χ1v) is 11.4. The fourth-order valence-electron chi connectivity index (χ4n) is 4.48. The zero-order chi connectivity index (χ0) is 22.8. The molecule has 0 bridgehead atoms. The van der Waals surface area contributed by atoms with Crippen LogP contribution in [0.2, 0.25) is 0 Å². The van der Waals surface area contributed by atoms with E-state index in [0.717, 1.165) is 27.7 Å². The molecule has 1 aliphatic rings. The van der Waals surface area contributed by atoms with Crippen molar-refractivity contribution in [3.63, 3.8) is 0 Å². The Morgan fingerprint density at radius 3 is 2.70 bits per heavy atom. The number of aromatic nitrogens is 2. The first-order chi connectivity index (χ1) is 16.1. The predicted molar refractivity (Wildman–Crippen MR) is 135 cm³/mol. The van der Waals surface area contributed by atoms with Crippen molar-refractivity contribution >= 4 is 39.7 Å². The van der Waals surface area contributed by atoms with Gasteiger partial charge in [-0.25, -0.2) is 0 Å². The molecule has 2 N–H and O–H groups in total. The van der Waals surface area contributed by atoms with E-state index in [0.29, 0.717) is 18.1 Å². The van der Waals surface area contributed by atoms with Crippen LogP contribution in [0, 0.1) is 0 Å². The number of hydrogen-bond donors (Lipinski definition) is 2. The largest absolute Gasteiger partial charge is 0.357 e. The Morgan fingerprint density at radius 1 is 1.09 bits per heavy atom. The predicted octanol–water partition coefficient (Wildman–Crippen LogP) is 4.57. The topological polar surface area (TPSA) is 62.2 Å². The zero-order valence-electron chi connectivity index (χ0n) is 18.3. The van der Waals surface area contributed by atoms with E-state index in [1.807, 2.05) is 78.5 Å². The highest BCUT2D eigenvalue weighted by atomic mass is 32.1. The lowest BCUT2D eigenvalue weighted by Gasteiger charge is -2.27. The van der Waals surface area contributed by atoms with E-state index in [4.69, 9.17) is 12.2 Å². The van der Waals surface area contributed by atoms with Gasteiger partial charge in [-0.15, -0.1) is 0 Å². The molecule has 33 heavy (non-hydrogen) atoms. The lowest BCUT2D eigenvalue weighted by atomic mass is 9.99. The molecule has 3 heterocycles. The number of fused-ring (bicyclic) bond motifs is 1. The Labute approximate surface area is 198 Å². The molecule has 0 aliphatic carbocycles. The van der Waals surface area contributed by atoms with Crippen molar-refractivity contribution in [1.82, 2.24) is 19.8 Å². The van der Waals surface area contributed by atoms with Crippen LogP contribution in [0.5, 0.6) is 0 Å². The normalized spacial score (nSPS) is 17.8. The van der Waals surface area contributed by atoms with Crippen molar-refractivity contribution in [1.29, 1.82) is 0 Å². The van der Waals surface area contributed by atoms with Crippen LogP contribution in [-0.4, -0.2) is 32.0 Å². The second-order valence-corrected chi connectivity index (χ2v) is 8.64. The monoisotopic (exact) mass is 455 g/mol. The first kappa shape index (κ1) is 21.2. The van der Waals surface area contributed by atoms with Crippen molar-refractivity contribution in [2.75, 3.05) is 11.9 Å². The third-order valence-electron chi connectivity index (χ3n) is 6.04. The van der Waals surface area contributed by atoms with Gasteiger partial charge in [-0.05, 0) is 47.4 Å². The Balaban J connectivity index is 1.35. The number of rotatable bonds is 6. The number of carbonyl (C=O) groups is 1. The summed E-state index contributed by atoms with van der Waals surface area (Å²) in [4.78, 5) is 19.6. The number of pyridine rings is 1. The van der Waals surface area contributed by atoms with Crippen LogP contribution >= 0.6 is 12.2 Å². The van der Waals surface area contributed by atoms with Crippen LogP contribution in [0.25, 0.3) is 10.8 Å². The molecule has 4 aromatic rings. The molecule has 0 unspecified atom stereocenters. The summed E-state index contributed by atoms with van der Waals surface area (Å²) in [5, 5.41) is 9.28. The number of benzene rings is 2. The Hall–Kier alpha value is -3.71. The molecule has 5 rings (SSSR count). The van der Waals surface area contributed by atoms with Gasteiger partial charge in [0.2, 0.25) is 5.91 Å². The van der Waals surface area contributed by atoms with Crippen LogP contribution in [0.1, 0.15) is 29.8 Å². The number of amides is 1. The summed E-state index contributed by atoms with van der Waals surface area (Å²) in [5.74, 6) is -0.0396. The van der Waals surface area contributed by atoms with E-state index in [9.17, 15) is 4.79 Å². The molecule has 166 valence electrons. The molecule has 0 spiro atoms. The third-order valence-corrected chi connectivity index (χ3v) is 6.39. The molecule has 2 atom stereocenters. The molecule has 2 aromatic heterocycles. The van der Waals surface area contributed by atoms with Gasteiger partial charge < -0.3 is 20.1 Å². The van der Waals surface area contributed by atoms with Crippen LogP contribution in [0.3, 0.4) is 0 Å². The van der Waals surface area contributed by atoms with Gasteiger partial charge in [-0.2, -0.15) is 0 Å². The van der Waals surface area contributed by atoms with Crippen molar-refractivity contribution < 1.29 is 4.79 Å². The number of nitrogens with one attached hydrogen (secondary N) is 2. The molecule has 6 nitrogen and oxygen atoms in total. The quantitative estimate of drug-likeness (QED) is 0.417. The molecule has 0 radical (unpaired) electrons. The second-order valence-electron chi connectivity index (χ2n) is 8.26. The van der Waals surface area contributed by atoms with E-state index in [1.165, 1.54) is 0 Å². The van der Waals surface area contributed by atoms with Crippen molar-refractivity contribution in [2.45, 2.75) is 18.5 Å². The summed E-state index contributed by atoms with van der Waals surface area (Å²) in [7, 11) is 2.00. The van der Waals surface area contributed by atoms with E-state index >= 15 is 0 Å². The van der Waals surface area contributed by atoms with Crippen molar-refractivity contribution in [2.24, 2.45) is 7.05 Å². The molecule has 2 aromatic carbocycles. The Morgan fingerprint density at radius 2 is 1.91 bits per heavy atom. The third kappa shape index (κ3) is 4.32. The lowest BCUT2D eigenvalue weighted by Crippen LogP contribution is -2.32. The fourth-order valence-corrected chi connectivity index (χ4v) is 4.81. The standard InChI is InChI=1S/C26H25N5OS/c1-30-15-12-19(17-30)25-24(22-10-4-5-14-27-22)29-26(33)31(25)16-13-23(32)28-21-11-6-8-18-7-2-3-9-20(18)21/h2-12,14-15,17,24-25H,13,16H2,1H3,(H,28,32)(H,29,33)/t24-,25-/m0/s1. The Bertz CT molecular complexity index is 1300. The molecule has 1 aliphatic heterocycles. The van der Waals surface area contributed by atoms with Crippen molar-refractivity contribution in [3.8, 4) is 0 Å². The average molecular weight is 456 g/mol. The summed E-state index contributed by atoms with van der Waals surface area (Å²) in [6, 6.07) is 21.8. The molecular weight excluding hydrogens is 430 g/mol. The second kappa shape index (κ2) is 9.03. The van der Waals surface area contributed by atoms with Crippen LogP contribution in [0.15, 0.2) is 85.3 Å². The maximum Gasteiger partial charge on any atom is 0.226 e. The minimum Gasteiger partial charge on any atom is -0.357 e. The van der Waals surface area contributed by atoms with E-state index in [1.54, 1.807) is 6.20 Å². The Kier molecular flexibility index (Phi) is 5.79. The van der Waals surface area contributed by atoms with Crippen LogP contribution < -0.4 is 10.6 Å². The van der Waals surface area contributed by atoms with Gasteiger partial charge in [0.1, 0.15) is 0 Å². The lowest BCUT2D eigenvalue weighted by molar-refractivity contribution is -0.116. The number of hydrogen-bond acceptors (Lipinski definition) is 3. The minimum atomic E-state index is -0.0813. The highest BCUT2D eigenvalue weighted by molar-refractivity contribution is 7.80. The van der Waals surface area contributed by atoms with Gasteiger partial charge >= 0.3 is 0 Å². The SMILES string of the molecule is Cn1ccc([C@H]2[C@H](c3ccccn3)NC(=S)N2CCC(=O)Nc2cccc3ccccc23)c1. The molecule has 7 heteroatoms. The summed E-state index contributed by atoms with van der Waals surface area (Å²) in [5.41, 5.74) is 2.89. The van der Waals surface area contributed by atoms with E-state index in [-0.39, 0.29) is 18.0 Å². The summed E-state index contributed by atoms with van der Waals surface area (Å²) < 4.78 is 2.03. The minimum absolute atomic E-state index is 0.0396. The number of nitrogens with zero attached hydrogens (tertiary/aromatic N) is 3. The zero-order valence-corrected chi connectivity index (χ0v) is 19.1. The van der Waals surface area contributed by atoms with Gasteiger partial charge in [0.05, 0.1) is 17.8 Å². The first-order valence-electron chi connectivity index (χ1n) is 11.0. The number of thiocarbonyl (C=S) groups is 1. The number of carbonyl (C=O) groups excluding carboxylic acids is 1. The van der Waals surface area contributed by atoms with Gasteiger partial charge in [-0.1, -0.05) is 42.5 Å². The maximum atomic E-state index is 12.9. The van der Waals surface area contributed by atoms with Crippen LogP contribution in [-0.2, 0) is 11.8 Å². The fraction of sp³-hybridized carbons (Fsp3) is 0.192. The number of anilines is 1. The van der Waals surface area contributed by atoms with Gasteiger partial charge in [-0.3, -0.25) is 9.78 Å².